The summed E-state index contributed by atoms with van der Waals surface area (Å²) in [7, 11) is 6.33. The normalized spacial score (nSPS) is 12.0. The molecule has 32 heavy (non-hydrogen) atoms. The van der Waals surface area contributed by atoms with Gasteiger partial charge in [0.2, 0.25) is 5.95 Å². The fourth-order valence-corrected chi connectivity index (χ4v) is 3.12. The van der Waals surface area contributed by atoms with Crippen LogP contribution in [0.5, 0.6) is 0 Å². The molecular weight excluding hydrogens is 412 g/mol. The van der Waals surface area contributed by atoms with E-state index in [1.54, 1.807) is 41.7 Å². The van der Waals surface area contributed by atoms with E-state index >= 15 is 0 Å². The van der Waals surface area contributed by atoms with Gasteiger partial charge in [0.15, 0.2) is 11.5 Å². The maximum absolute atomic E-state index is 12.5. The first-order valence-electron chi connectivity index (χ1n) is 9.71. The Morgan fingerprint density at radius 3 is 2.50 bits per heavy atom. The van der Waals surface area contributed by atoms with Crippen molar-refractivity contribution in [1.29, 1.82) is 0 Å². The number of hydrogen-bond acceptors (Lipinski definition) is 9. The van der Waals surface area contributed by atoms with Gasteiger partial charge in [0.05, 0.1) is 37.4 Å². The van der Waals surface area contributed by atoms with Crippen LogP contribution in [0.2, 0.25) is 0 Å². The van der Waals surface area contributed by atoms with Crippen LogP contribution in [0.3, 0.4) is 0 Å². The van der Waals surface area contributed by atoms with Gasteiger partial charge in [0, 0.05) is 20.3 Å². The summed E-state index contributed by atoms with van der Waals surface area (Å²) in [5, 5.41) is 0.611. The molecule has 0 saturated carbocycles. The van der Waals surface area contributed by atoms with Gasteiger partial charge in [-0.2, -0.15) is 9.97 Å². The van der Waals surface area contributed by atoms with Crippen molar-refractivity contribution in [3.8, 4) is 0 Å². The predicted molar refractivity (Wildman–Crippen MR) is 120 cm³/mol. The molecule has 0 aliphatic heterocycles. The molecule has 3 rings (SSSR count). The smallest absolute Gasteiger partial charge is 0.337 e. The van der Waals surface area contributed by atoms with Gasteiger partial charge in [0.1, 0.15) is 0 Å². The van der Waals surface area contributed by atoms with Gasteiger partial charge < -0.3 is 20.1 Å². The van der Waals surface area contributed by atoms with Crippen molar-refractivity contribution in [1.82, 2.24) is 19.9 Å². The Bertz CT molecular complexity index is 1160. The van der Waals surface area contributed by atoms with Crippen molar-refractivity contribution in [2.75, 3.05) is 34.0 Å². The first kappa shape index (κ1) is 22.6. The molecule has 0 spiro atoms. The summed E-state index contributed by atoms with van der Waals surface area (Å²) in [6.07, 6.45) is 3.55. The predicted octanol–water partition coefficient (Wildman–Crippen LogP) is 2.11. The van der Waals surface area contributed by atoms with Crippen LogP contribution in [-0.4, -0.2) is 66.4 Å². The monoisotopic (exact) mass is 436 g/mol. The molecule has 0 aliphatic carbocycles. The minimum Gasteiger partial charge on any atom is -0.469 e. The number of nitrogen functional groups attached to an aromatic ring is 1. The average Bonchev–Trinajstić information content (AvgIpc) is 2.80. The molecule has 0 saturated heterocycles. The number of nitrogens with zero attached hydrogens (tertiary/aromatic N) is 5. The lowest BCUT2D eigenvalue weighted by molar-refractivity contribution is -0.142. The molecule has 0 aliphatic rings. The zero-order valence-corrected chi connectivity index (χ0v) is 18.3. The second kappa shape index (κ2) is 9.82. The first-order valence-corrected chi connectivity index (χ1v) is 9.71. The molecule has 2 N–H and O–H groups in total. The number of hydrogen-bond donors (Lipinski definition) is 1. The number of fused-ring (bicyclic) bond motifs is 1. The number of methoxy groups -OCH3 is 2. The summed E-state index contributed by atoms with van der Waals surface area (Å²) in [4.78, 5) is 43.1. The molecule has 2 aromatic heterocycles. The van der Waals surface area contributed by atoms with Crippen molar-refractivity contribution in [2.24, 2.45) is 4.99 Å². The van der Waals surface area contributed by atoms with E-state index in [4.69, 9.17) is 15.2 Å². The van der Waals surface area contributed by atoms with Gasteiger partial charge in [-0.05, 0) is 35.7 Å². The minimum absolute atomic E-state index is 0.0711. The van der Waals surface area contributed by atoms with Crippen molar-refractivity contribution in [3.05, 3.63) is 53.2 Å². The number of esters is 2. The molecule has 1 aromatic carbocycles. The van der Waals surface area contributed by atoms with E-state index in [1.165, 1.54) is 14.2 Å². The fourth-order valence-electron chi connectivity index (χ4n) is 3.12. The zero-order chi connectivity index (χ0) is 23.3. The number of aliphatic imine (C=N–C) groups is 1. The molecule has 0 fully saturated rings. The Balaban J connectivity index is 1.98. The summed E-state index contributed by atoms with van der Waals surface area (Å²) in [6, 6.07) is 8.47. The summed E-state index contributed by atoms with van der Waals surface area (Å²) in [5.41, 5.74) is 8.05. The first-order chi connectivity index (χ1) is 15.3. The molecule has 0 bridgehead atoms. The molecular formula is C22H24N6O4. The van der Waals surface area contributed by atoms with Crippen molar-refractivity contribution in [2.45, 2.75) is 12.3 Å². The molecule has 3 aromatic rings. The highest BCUT2D eigenvalue weighted by molar-refractivity contribution is 5.90. The highest BCUT2D eigenvalue weighted by Gasteiger charge is 2.23. The lowest BCUT2D eigenvalue weighted by atomic mass is 9.91. The van der Waals surface area contributed by atoms with Gasteiger partial charge in [-0.1, -0.05) is 12.1 Å². The summed E-state index contributed by atoms with van der Waals surface area (Å²) < 4.78 is 9.73. The molecule has 1 unspecified atom stereocenters. The third-order valence-electron chi connectivity index (χ3n) is 4.68. The zero-order valence-electron chi connectivity index (χ0n) is 18.3. The van der Waals surface area contributed by atoms with Crippen LogP contribution in [0.1, 0.15) is 27.4 Å². The SMILES string of the molecule is COC(=O)c1ccc(C(Cc2cnc3nc(N)nc(N=CN(C)C)c3c2)C(=O)OC)cc1. The molecule has 1 atom stereocenters. The number of nitrogens with two attached hydrogens (primary N) is 1. The van der Waals surface area contributed by atoms with Gasteiger partial charge in [-0.3, -0.25) is 4.79 Å². The van der Waals surface area contributed by atoms with Crippen LogP contribution in [0, 0.1) is 0 Å². The highest BCUT2D eigenvalue weighted by atomic mass is 16.5. The van der Waals surface area contributed by atoms with Crippen LogP contribution in [-0.2, 0) is 20.7 Å². The van der Waals surface area contributed by atoms with Gasteiger partial charge in [-0.15, -0.1) is 0 Å². The molecule has 10 heteroatoms. The fraction of sp³-hybridized carbons (Fsp3) is 0.273. The van der Waals surface area contributed by atoms with Crippen molar-refractivity contribution < 1.29 is 19.1 Å². The van der Waals surface area contributed by atoms with E-state index in [-0.39, 0.29) is 5.95 Å². The minimum atomic E-state index is -0.602. The van der Waals surface area contributed by atoms with Crippen molar-refractivity contribution >= 4 is 41.1 Å². The average molecular weight is 436 g/mol. The second-order valence-electron chi connectivity index (χ2n) is 7.22. The van der Waals surface area contributed by atoms with E-state index in [9.17, 15) is 9.59 Å². The maximum Gasteiger partial charge on any atom is 0.337 e. The van der Waals surface area contributed by atoms with Gasteiger partial charge in [0.25, 0.3) is 0 Å². The van der Waals surface area contributed by atoms with Crippen LogP contribution < -0.4 is 5.73 Å². The van der Waals surface area contributed by atoms with Gasteiger partial charge in [-0.25, -0.2) is 14.8 Å². The van der Waals surface area contributed by atoms with E-state index in [2.05, 4.69) is 19.9 Å². The number of aromatic nitrogens is 3. The maximum atomic E-state index is 12.5. The van der Waals surface area contributed by atoms with Crippen molar-refractivity contribution in [3.63, 3.8) is 0 Å². The Morgan fingerprint density at radius 1 is 1.16 bits per heavy atom. The van der Waals surface area contributed by atoms with E-state index in [0.29, 0.717) is 34.4 Å². The van der Waals surface area contributed by atoms with Crippen LogP contribution >= 0.6 is 0 Å². The highest BCUT2D eigenvalue weighted by Crippen LogP contribution is 2.27. The number of ether oxygens (including phenoxy) is 2. The summed E-state index contributed by atoms with van der Waals surface area (Å²) >= 11 is 0. The number of pyridine rings is 1. The third-order valence-corrected chi connectivity index (χ3v) is 4.68. The number of carbonyl (C=O) groups is 2. The lowest BCUT2D eigenvalue weighted by Crippen LogP contribution is -2.17. The van der Waals surface area contributed by atoms with E-state index in [1.807, 2.05) is 20.2 Å². The second-order valence-corrected chi connectivity index (χ2v) is 7.22. The molecule has 0 radical (unpaired) electrons. The van der Waals surface area contributed by atoms with E-state index in [0.717, 1.165) is 5.56 Å². The number of carbonyl (C=O) groups excluding carboxylic acids is 2. The van der Waals surface area contributed by atoms with Crippen LogP contribution in [0.4, 0.5) is 11.8 Å². The molecule has 0 amide bonds. The lowest BCUT2D eigenvalue weighted by Gasteiger charge is -2.16. The molecule has 10 nitrogen and oxygen atoms in total. The number of rotatable bonds is 7. The third kappa shape index (κ3) is 5.15. The Kier molecular flexibility index (Phi) is 6.93. The standard InChI is InChI=1S/C22H24N6O4/c1-28(2)12-25-19-17-10-13(11-24-18(17)26-22(23)27-19)9-16(21(30)32-4)14-5-7-15(8-6-14)20(29)31-3/h5-8,10-12,16H,9H2,1-4H3,(H2,23,24,26,27). The Labute approximate surface area is 185 Å². The Hall–Kier alpha value is -4.08. The molecule has 2 heterocycles. The molecule has 166 valence electrons. The number of anilines is 1. The number of benzene rings is 1. The van der Waals surface area contributed by atoms with Crippen LogP contribution in [0.15, 0.2) is 41.5 Å². The van der Waals surface area contributed by atoms with Gasteiger partial charge >= 0.3 is 11.9 Å². The quantitative estimate of drug-likeness (QED) is 0.336. The largest absolute Gasteiger partial charge is 0.469 e. The van der Waals surface area contributed by atoms with Crippen LogP contribution in [0.25, 0.3) is 11.0 Å². The summed E-state index contributed by atoms with van der Waals surface area (Å²) in [6.45, 7) is 0. The summed E-state index contributed by atoms with van der Waals surface area (Å²) in [5.74, 6) is -1.01. The van der Waals surface area contributed by atoms with E-state index < -0.39 is 17.9 Å². The topological polar surface area (TPSA) is 133 Å². The Morgan fingerprint density at radius 2 is 1.88 bits per heavy atom.